The van der Waals surface area contributed by atoms with Gasteiger partial charge >= 0.3 is 0 Å². The normalized spacial score (nSPS) is 14.9. The molecule has 0 saturated carbocycles. The maximum atomic E-state index is 12.2. The summed E-state index contributed by atoms with van der Waals surface area (Å²) in [6, 6.07) is 1.81. The molecule has 0 bridgehead atoms. The average Bonchev–Trinajstić information content (AvgIpc) is 2.94. The number of hydrogen-bond acceptors (Lipinski definition) is 4. The van der Waals surface area contributed by atoms with Crippen LogP contribution in [0.1, 0.15) is 37.2 Å². The van der Waals surface area contributed by atoms with Crippen molar-refractivity contribution in [1.29, 1.82) is 0 Å². The fraction of sp³-hybridized carbons (Fsp3) is 0.615. The van der Waals surface area contributed by atoms with Crippen LogP contribution in [0, 0.1) is 0 Å². The Morgan fingerprint density at radius 2 is 1.94 bits per heavy atom. The zero-order chi connectivity index (χ0) is 13.0. The lowest BCUT2D eigenvalue weighted by Crippen LogP contribution is -2.31. The number of carbonyl (C=O) groups excluding carboxylic acids is 1. The van der Waals surface area contributed by atoms with Gasteiger partial charge in [0.05, 0.1) is 0 Å². The van der Waals surface area contributed by atoms with Crippen molar-refractivity contribution >= 4 is 11.7 Å². The highest BCUT2D eigenvalue weighted by Gasteiger charge is 2.18. The molecule has 0 N–H and O–H groups in total. The molecule has 1 fully saturated rings. The summed E-state index contributed by atoms with van der Waals surface area (Å²) >= 11 is 0. The molecule has 1 aromatic rings. The van der Waals surface area contributed by atoms with Crippen LogP contribution in [0.15, 0.2) is 12.4 Å². The molecule has 18 heavy (non-hydrogen) atoms. The Morgan fingerprint density at radius 1 is 1.28 bits per heavy atom. The van der Waals surface area contributed by atoms with Gasteiger partial charge < -0.3 is 9.80 Å². The van der Waals surface area contributed by atoms with E-state index in [1.54, 1.807) is 4.90 Å². The molecule has 0 aliphatic carbocycles. The zero-order valence-corrected chi connectivity index (χ0v) is 11.1. The van der Waals surface area contributed by atoms with Gasteiger partial charge in [-0.05, 0) is 26.7 Å². The second-order valence-corrected chi connectivity index (χ2v) is 4.43. The Hall–Kier alpha value is -1.65. The molecule has 2 heterocycles. The maximum Gasteiger partial charge on any atom is 0.272 e. The number of amides is 1. The largest absolute Gasteiger partial charge is 0.357 e. The molecular weight excluding hydrogens is 228 g/mol. The molecule has 0 aromatic carbocycles. The van der Waals surface area contributed by atoms with Crippen LogP contribution < -0.4 is 4.90 Å². The molecule has 0 unspecified atom stereocenters. The lowest BCUT2D eigenvalue weighted by Gasteiger charge is -2.20. The van der Waals surface area contributed by atoms with Crippen molar-refractivity contribution in [3.63, 3.8) is 0 Å². The highest BCUT2D eigenvalue weighted by atomic mass is 16.2. The second-order valence-electron chi connectivity index (χ2n) is 4.43. The lowest BCUT2D eigenvalue weighted by molar-refractivity contribution is 0.0767. The molecule has 98 valence electrons. The van der Waals surface area contributed by atoms with Crippen molar-refractivity contribution in [2.45, 2.75) is 26.7 Å². The summed E-state index contributed by atoms with van der Waals surface area (Å²) in [7, 11) is 0. The van der Waals surface area contributed by atoms with E-state index in [9.17, 15) is 4.79 Å². The molecule has 2 rings (SSSR count). The first-order valence-corrected chi connectivity index (χ1v) is 6.62. The smallest absolute Gasteiger partial charge is 0.272 e. The third kappa shape index (κ3) is 2.60. The van der Waals surface area contributed by atoms with Gasteiger partial charge in [-0.1, -0.05) is 0 Å². The summed E-state index contributed by atoms with van der Waals surface area (Å²) in [6.07, 6.45) is 3.89. The topological polar surface area (TPSA) is 49.3 Å². The van der Waals surface area contributed by atoms with Gasteiger partial charge in [0.25, 0.3) is 5.91 Å². The van der Waals surface area contributed by atoms with Crippen molar-refractivity contribution in [3.8, 4) is 0 Å². The molecule has 0 radical (unpaired) electrons. The van der Waals surface area contributed by atoms with Crippen LogP contribution in [0.5, 0.6) is 0 Å². The van der Waals surface area contributed by atoms with E-state index in [1.165, 1.54) is 19.2 Å². The molecule has 0 spiro atoms. The summed E-state index contributed by atoms with van der Waals surface area (Å²) in [4.78, 5) is 24.5. The van der Waals surface area contributed by atoms with Crippen molar-refractivity contribution in [3.05, 3.63) is 18.1 Å². The number of rotatable bonds is 4. The van der Waals surface area contributed by atoms with Crippen molar-refractivity contribution in [1.82, 2.24) is 14.9 Å². The summed E-state index contributed by atoms with van der Waals surface area (Å²) in [5, 5.41) is 0. The third-order valence-corrected chi connectivity index (χ3v) is 3.35. The average molecular weight is 248 g/mol. The van der Waals surface area contributed by atoms with E-state index in [1.807, 2.05) is 19.9 Å². The Labute approximate surface area is 108 Å². The van der Waals surface area contributed by atoms with Crippen LogP contribution in [0.4, 0.5) is 5.82 Å². The number of hydrogen-bond donors (Lipinski definition) is 0. The number of anilines is 1. The van der Waals surface area contributed by atoms with Crippen LogP contribution in [-0.2, 0) is 0 Å². The van der Waals surface area contributed by atoms with Crippen molar-refractivity contribution in [2.75, 3.05) is 31.1 Å². The summed E-state index contributed by atoms with van der Waals surface area (Å²) in [5.41, 5.74) is 0.496. The fourth-order valence-electron chi connectivity index (χ4n) is 2.26. The van der Waals surface area contributed by atoms with Gasteiger partial charge in [0, 0.05) is 32.2 Å². The first kappa shape index (κ1) is 12.8. The molecule has 5 nitrogen and oxygen atoms in total. The van der Waals surface area contributed by atoms with Gasteiger partial charge in [0.2, 0.25) is 0 Å². The predicted octanol–water partition coefficient (Wildman–Crippen LogP) is 1.56. The van der Waals surface area contributed by atoms with Crippen LogP contribution in [-0.4, -0.2) is 47.0 Å². The minimum atomic E-state index is -0.0113. The highest BCUT2D eigenvalue weighted by molar-refractivity contribution is 5.92. The van der Waals surface area contributed by atoms with Gasteiger partial charge in [-0.3, -0.25) is 4.79 Å². The van der Waals surface area contributed by atoms with Crippen molar-refractivity contribution in [2.24, 2.45) is 0 Å². The minimum Gasteiger partial charge on any atom is -0.357 e. The van der Waals surface area contributed by atoms with Gasteiger partial charge in [-0.25, -0.2) is 9.97 Å². The van der Waals surface area contributed by atoms with Gasteiger partial charge in [0.15, 0.2) is 0 Å². The quantitative estimate of drug-likeness (QED) is 0.811. The van der Waals surface area contributed by atoms with E-state index < -0.39 is 0 Å². The Kier molecular flexibility index (Phi) is 4.12. The number of carbonyl (C=O) groups is 1. The third-order valence-electron chi connectivity index (χ3n) is 3.35. The van der Waals surface area contributed by atoms with Gasteiger partial charge in [-0.2, -0.15) is 0 Å². The minimum absolute atomic E-state index is 0.0113. The van der Waals surface area contributed by atoms with Crippen LogP contribution >= 0.6 is 0 Å². The number of aromatic nitrogens is 2. The second kappa shape index (κ2) is 5.80. The SMILES string of the molecule is CCN(CC)C(=O)c1cc(N2CCCC2)ncn1. The van der Waals surface area contributed by atoms with Crippen LogP contribution in [0.2, 0.25) is 0 Å². The molecule has 0 atom stereocenters. The van der Waals surface area contributed by atoms with Crippen molar-refractivity contribution < 1.29 is 4.79 Å². The first-order valence-electron chi connectivity index (χ1n) is 6.62. The zero-order valence-electron chi connectivity index (χ0n) is 11.1. The van der Waals surface area contributed by atoms with Crippen LogP contribution in [0.25, 0.3) is 0 Å². The molecule has 1 amide bonds. The van der Waals surface area contributed by atoms with E-state index in [0.29, 0.717) is 18.8 Å². The summed E-state index contributed by atoms with van der Waals surface area (Å²) in [5.74, 6) is 0.862. The summed E-state index contributed by atoms with van der Waals surface area (Å²) in [6.45, 7) is 7.41. The summed E-state index contributed by atoms with van der Waals surface area (Å²) < 4.78 is 0. The molecular formula is C13H20N4O. The Morgan fingerprint density at radius 3 is 2.56 bits per heavy atom. The Balaban J connectivity index is 2.18. The first-order chi connectivity index (χ1) is 8.76. The van der Waals surface area contributed by atoms with Gasteiger partial charge in [0.1, 0.15) is 17.8 Å². The van der Waals surface area contributed by atoms with E-state index in [2.05, 4.69) is 14.9 Å². The highest BCUT2D eigenvalue weighted by Crippen LogP contribution is 2.18. The molecule has 1 aliphatic rings. The van der Waals surface area contributed by atoms with E-state index in [-0.39, 0.29) is 5.91 Å². The number of nitrogens with zero attached hydrogens (tertiary/aromatic N) is 4. The van der Waals surface area contributed by atoms with Crippen LogP contribution in [0.3, 0.4) is 0 Å². The molecule has 1 saturated heterocycles. The standard InChI is InChI=1S/C13H20N4O/c1-3-16(4-2)13(18)11-9-12(15-10-14-11)17-7-5-6-8-17/h9-10H,3-8H2,1-2H3. The Bertz CT molecular complexity index is 411. The maximum absolute atomic E-state index is 12.2. The lowest BCUT2D eigenvalue weighted by atomic mass is 10.3. The molecule has 5 heteroatoms. The van der Waals surface area contributed by atoms with Gasteiger partial charge in [-0.15, -0.1) is 0 Å². The monoisotopic (exact) mass is 248 g/mol. The fourth-order valence-corrected chi connectivity index (χ4v) is 2.26. The molecule has 1 aliphatic heterocycles. The predicted molar refractivity (Wildman–Crippen MR) is 70.7 cm³/mol. The molecule has 1 aromatic heterocycles. The van der Waals surface area contributed by atoms with E-state index in [0.717, 1.165) is 18.9 Å². The van der Waals surface area contributed by atoms with E-state index >= 15 is 0 Å². The van der Waals surface area contributed by atoms with E-state index in [4.69, 9.17) is 0 Å².